The van der Waals surface area contributed by atoms with Crippen LogP contribution in [0.5, 0.6) is 0 Å². The predicted octanol–water partition coefficient (Wildman–Crippen LogP) is 2.83. The Labute approximate surface area is 110 Å². The molecule has 1 fully saturated rings. The molecule has 0 aromatic heterocycles. The number of rotatable bonds is 2. The molecule has 0 bridgehead atoms. The number of halogens is 2. The van der Waals surface area contributed by atoms with Crippen molar-refractivity contribution in [2.24, 2.45) is 5.41 Å². The number of aliphatic hydroxyl groups excluding tert-OH is 1. The second kappa shape index (κ2) is 5.23. The van der Waals surface area contributed by atoms with Gasteiger partial charge in [-0.1, -0.05) is 17.7 Å². The maximum Gasteiger partial charge on any atom is 0.142 e. The van der Waals surface area contributed by atoms with Crippen LogP contribution in [0.4, 0.5) is 4.39 Å². The smallest absolute Gasteiger partial charge is 0.142 e. The van der Waals surface area contributed by atoms with Crippen molar-refractivity contribution in [1.82, 2.24) is 0 Å². The summed E-state index contributed by atoms with van der Waals surface area (Å²) in [6.45, 7) is 0.862. The first-order chi connectivity index (χ1) is 8.59. The van der Waals surface area contributed by atoms with Gasteiger partial charge in [0.25, 0.3) is 0 Å². The Morgan fingerprint density at radius 1 is 1.44 bits per heavy atom. The van der Waals surface area contributed by atoms with Crippen LogP contribution in [0, 0.1) is 22.6 Å². The minimum atomic E-state index is -1.03. The van der Waals surface area contributed by atoms with Crippen molar-refractivity contribution in [3.63, 3.8) is 0 Å². The minimum Gasteiger partial charge on any atom is -0.387 e. The molecule has 5 heteroatoms. The lowest BCUT2D eigenvalue weighted by atomic mass is 9.74. The van der Waals surface area contributed by atoms with E-state index in [1.165, 1.54) is 12.1 Å². The van der Waals surface area contributed by atoms with Gasteiger partial charge in [0.1, 0.15) is 5.82 Å². The maximum atomic E-state index is 13.4. The lowest BCUT2D eigenvalue weighted by Gasteiger charge is -2.35. The molecular formula is C13H13ClFNO2. The van der Waals surface area contributed by atoms with Gasteiger partial charge in [0.2, 0.25) is 0 Å². The third-order valence-electron chi connectivity index (χ3n) is 3.39. The Morgan fingerprint density at radius 3 is 2.67 bits per heavy atom. The molecule has 2 rings (SSSR count). The third kappa shape index (κ3) is 2.35. The van der Waals surface area contributed by atoms with Crippen molar-refractivity contribution in [2.45, 2.75) is 18.9 Å². The molecule has 1 aliphatic heterocycles. The Kier molecular flexibility index (Phi) is 3.86. The van der Waals surface area contributed by atoms with Crippen molar-refractivity contribution in [1.29, 1.82) is 5.26 Å². The average molecular weight is 270 g/mol. The third-order valence-corrected chi connectivity index (χ3v) is 3.70. The second-order valence-electron chi connectivity index (χ2n) is 4.46. The fourth-order valence-corrected chi connectivity index (χ4v) is 2.30. The molecule has 1 atom stereocenters. The molecular weight excluding hydrogens is 257 g/mol. The molecule has 1 N–H and O–H groups in total. The zero-order chi connectivity index (χ0) is 13.2. The van der Waals surface area contributed by atoms with Gasteiger partial charge >= 0.3 is 0 Å². The molecule has 0 radical (unpaired) electrons. The standard InChI is InChI=1S/C13H13ClFNO2/c14-10-2-1-9(7-11(10)15)12(17)13(8-16)3-5-18-6-4-13/h1-2,7,12,17H,3-6H2. The van der Waals surface area contributed by atoms with Crippen molar-refractivity contribution >= 4 is 11.6 Å². The summed E-state index contributed by atoms with van der Waals surface area (Å²) < 4.78 is 18.6. The van der Waals surface area contributed by atoms with Gasteiger partial charge in [-0.2, -0.15) is 5.26 Å². The number of nitrogens with zero attached hydrogens (tertiary/aromatic N) is 1. The van der Waals surface area contributed by atoms with Gasteiger partial charge < -0.3 is 9.84 Å². The van der Waals surface area contributed by atoms with E-state index in [1.54, 1.807) is 6.07 Å². The average Bonchev–Trinajstić information content (AvgIpc) is 2.42. The monoisotopic (exact) mass is 269 g/mol. The zero-order valence-corrected chi connectivity index (χ0v) is 10.5. The highest BCUT2D eigenvalue weighted by Crippen LogP contribution is 2.42. The number of hydrogen-bond donors (Lipinski definition) is 1. The highest BCUT2D eigenvalue weighted by atomic mass is 35.5. The molecule has 18 heavy (non-hydrogen) atoms. The molecule has 0 aliphatic carbocycles. The lowest BCUT2D eigenvalue weighted by Crippen LogP contribution is -2.34. The molecule has 1 aromatic rings. The van der Waals surface area contributed by atoms with E-state index in [1.807, 2.05) is 0 Å². The number of benzene rings is 1. The van der Waals surface area contributed by atoms with E-state index in [0.717, 1.165) is 0 Å². The number of hydrogen-bond acceptors (Lipinski definition) is 3. The topological polar surface area (TPSA) is 53.2 Å². The van der Waals surface area contributed by atoms with Crippen LogP contribution in [0.3, 0.4) is 0 Å². The molecule has 1 unspecified atom stereocenters. The van der Waals surface area contributed by atoms with Crippen LogP contribution in [0.1, 0.15) is 24.5 Å². The summed E-state index contributed by atoms with van der Waals surface area (Å²) in [5.74, 6) is -0.589. The molecule has 1 aliphatic rings. The van der Waals surface area contributed by atoms with E-state index in [9.17, 15) is 14.8 Å². The molecule has 0 saturated carbocycles. The first kappa shape index (κ1) is 13.3. The van der Waals surface area contributed by atoms with E-state index in [-0.39, 0.29) is 5.02 Å². The summed E-state index contributed by atoms with van der Waals surface area (Å²) in [5.41, 5.74) is -0.529. The van der Waals surface area contributed by atoms with Crippen LogP contribution in [-0.4, -0.2) is 18.3 Å². The van der Waals surface area contributed by atoms with Crippen LogP contribution in [0.15, 0.2) is 18.2 Å². The van der Waals surface area contributed by atoms with Gasteiger partial charge in [0.15, 0.2) is 0 Å². The molecule has 96 valence electrons. The summed E-state index contributed by atoms with van der Waals surface area (Å²) >= 11 is 5.60. The van der Waals surface area contributed by atoms with Gasteiger partial charge in [0, 0.05) is 13.2 Å². The van der Waals surface area contributed by atoms with Crippen molar-refractivity contribution < 1.29 is 14.2 Å². The lowest BCUT2D eigenvalue weighted by molar-refractivity contribution is -0.0311. The fraction of sp³-hybridized carbons (Fsp3) is 0.462. The largest absolute Gasteiger partial charge is 0.387 e. The van der Waals surface area contributed by atoms with Gasteiger partial charge in [-0.15, -0.1) is 0 Å². The van der Waals surface area contributed by atoms with Gasteiger partial charge in [-0.05, 0) is 30.5 Å². The summed E-state index contributed by atoms with van der Waals surface area (Å²) in [5, 5.41) is 19.6. The van der Waals surface area contributed by atoms with Crippen LogP contribution in [-0.2, 0) is 4.74 Å². The molecule has 1 heterocycles. The van der Waals surface area contributed by atoms with Crippen LogP contribution >= 0.6 is 11.6 Å². The van der Waals surface area contributed by atoms with Crippen molar-refractivity contribution in [2.75, 3.05) is 13.2 Å². The predicted molar refractivity (Wildman–Crippen MR) is 64.5 cm³/mol. The summed E-state index contributed by atoms with van der Waals surface area (Å²) in [6.07, 6.45) is -0.151. The second-order valence-corrected chi connectivity index (χ2v) is 4.86. The van der Waals surface area contributed by atoms with E-state index >= 15 is 0 Å². The molecule has 1 aromatic carbocycles. The number of ether oxygens (including phenoxy) is 1. The molecule has 0 spiro atoms. The first-order valence-electron chi connectivity index (χ1n) is 5.71. The Balaban J connectivity index is 2.31. The molecule has 0 amide bonds. The van der Waals surface area contributed by atoms with Crippen LogP contribution in [0.25, 0.3) is 0 Å². The maximum absolute atomic E-state index is 13.4. The van der Waals surface area contributed by atoms with E-state index in [0.29, 0.717) is 31.6 Å². The summed E-state index contributed by atoms with van der Waals surface area (Å²) in [7, 11) is 0. The van der Waals surface area contributed by atoms with Crippen LogP contribution in [0.2, 0.25) is 5.02 Å². The van der Waals surface area contributed by atoms with E-state index in [2.05, 4.69) is 6.07 Å². The SMILES string of the molecule is N#CC1(C(O)c2ccc(Cl)c(F)c2)CCOCC1. The van der Waals surface area contributed by atoms with Crippen LogP contribution < -0.4 is 0 Å². The van der Waals surface area contributed by atoms with Crippen molar-refractivity contribution in [3.8, 4) is 6.07 Å². The Bertz CT molecular complexity index is 480. The fourth-order valence-electron chi connectivity index (χ4n) is 2.18. The van der Waals surface area contributed by atoms with Gasteiger partial charge in [-0.3, -0.25) is 0 Å². The minimum absolute atomic E-state index is 0.00364. The highest BCUT2D eigenvalue weighted by Gasteiger charge is 2.40. The zero-order valence-electron chi connectivity index (χ0n) is 9.70. The van der Waals surface area contributed by atoms with E-state index < -0.39 is 17.3 Å². The van der Waals surface area contributed by atoms with Gasteiger partial charge in [0.05, 0.1) is 22.6 Å². The molecule has 1 saturated heterocycles. The summed E-state index contributed by atoms with van der Waals surface area (Å²) in [6, 6.07) is 6.28. The number of aliphatic hydroxyl groups is 1. The quantitative estimate of drug-likeness (QED) is 0.898. The highest BCUT2D eigenvalue weighted by molar-refractivity contribution is 6.30. The molecule has 3 nitrogen and oxygen atoms in total. The van der Waals surface area contributed by atoms with E-state index in [4.69, 9.17) is 16.3 Å². The van der Waals surface area contributed by atoms with Crippen molar-refractivity contribution in [3.05, 3.63) is 34.6 Å². The first-order valence-corrected chi connectivity index (χ1v) is 6.09. The Hall–Kier alpha value is -1.15. The van der Waals surface area contributed by atoms with Gasteiger partial charge in [-0.25, -0.2) is 4.39 Å². The Morgan fingerprint density at radius 2 is 2.11 bits per heavy atom. The number of nitriles is 1. The normalized spacial score (nSPS) is 20.1. The summed E-state index contributed by atoms with van der Waals surface area (Å²) in [4.78, 5) is 0.